The number of nitrogens with one attached hydrogen (secondary N) is 1. The molecule has 0 amide bonds. The summed E-state index contributed by atoms with van der Waals surface area (Å²) in [7, 11) is 1.36. The summed E-state index contributed by atoms with van der Waals surface area (Å²) in [6, 6.07) is 29.3. The molecule has 0 aliphatic heterocycles. The normalized spacial score (nSPS) is 11.2. The summed E-state index contributed by atoms with van der Waals surface area (Å²) in [5.41, 5.74) is 3.36. The number of ether oxygens (including phenoxy) is 2. The van der Waals surface area contributed by atoms with Gasteiger partial charge in [-0.1, -0.05) is 66.7 Å². The molecule has 0 atom stereocenters. The molecule has 0 radical (unpaired) electrons. The van der Waals surface area contributed by atoms with Crippen molar-refractivity contribution >= 4 is 35.2 Å². The summed E-state index contributed by atoms with van der Waals surface area (Å²) in [5, 5.41) is 14.3. The van der Waals surface area contributed by atoms with Crippen LogP contribution in [0.3, 0.4) is 0 Å². The molecule has 0 saturated carbocycles. The molecule has 0 unspecified atom stereocenters. The van der Waals surface area contributed by atoms with Crippen molar-refractivity contribution in [2.75, 3.05) is 7.11 Å². The van der Waals surface area contributed by atoms with Gasteiger partial charge >= 0.3 is 5.97 Å². The molecule has 5 rings (SSSR count). The molecule has 0 spiro atoms. The van der Waals surface area contributed by atoms with Crippen LogP contribution in [0.4, 0.5) is 0 Å². The van der Waals surface area contributed by atoms with E-state index in [4.69, 9.17) is 21.7 Å². The van der Waals surface area contributed by atoms with E-state index in [0.717, 1.165) is 16.7 Å². The molecule has 8 heteroatoms. The van der Waals surface area contributed by atoms with Gasteiger partial charge < -0.3 is 9.47 Å². The summed E-state index contributed by atoms with van der Waals surface area (Å²) in [4.78, 5) is 11.6. The highest BCUT2D eigenvalue weighted by molar-refractivity contribution is 7.71. The van der Waals surface area contributed by atoms with Gasteiger partial charge in [-0.05, 0) is 58.4 Å². The topological polar surface area (TPSA) is 81.5 Å². The maximum absolute atomic E-state index is 11.6. The van der Waals surface area contributed by atoms with Crippen molar-refractivity contribution in [3.63, 3.8) is 0 Å². The molecule has 184 valence electrons. The number of carbonyl (C=O) groups is 1. The van der Waals surface area contributed by atoms with Crippen LogP contribution >= 0.6 is 12.2 Å². The molecular weight excluding hydrogens is 484 g/mol. The highest BCUT2D eigenvalue weighted by atomic mass is 32.1. The lowest BCUT2D eigenvalue weighted by molar-refractivity contribution is 0.0600. The van der Waals surface area contributed by atoms with Crippen LogP contribution in [-0.2, 0) is 17.8 Å². The van der Waals surface area contributed by atoms with Gasteiger partial charge in [-0.3, -0.25) is 5.10 Å². The highest BCUT2D eigenvalue weighted by Gasteiger charge is 2.10. The van der Waals surface area contributed by atoms with Crippen LogP contribution in [0.5, 0.6) is 5.75 Å². The second kappa shape index (κ2) is 11.0. The van der Waals surface area contributed by atoms with Crippen molar-refractivity contribution in [2.24, 2.45) is 5.10 Å². The fraction of sp³-hybridized carbons (Fsp3) is 0.103. The van der Waals surface area contributed by atoms with Gasteiger partial charge in [-0.15, -0.1) is 0 Å². The third-order valence-electron chi connectivity index (χ3n) is 5.95. The number of H-pyrrole nitrogens is 1. The SMILES string of the molecule is COC(=O)c1ccc(COc2ccccc2/C=N\n2c(Cc3cccc4ccccc34)n[nH]c2=S)cc1. The zero-order valence-electron chi connectivity index (χ0n) is 20.1. The Morgan fingerprint density at radius 3 is 2.59 bits per heavy atom. The number of methoxy groups -OCH3 is 1. The van der Waals surface area contributed by atoms with Gasteiger partial charge in [0.1, 0.15) is 12.4 Å². The highest BCUT2D eigenvalue weighted by Crippen LogP contribution is 2.22. The van der Waals surface area contributed by atoms with Crippen LogP contribution in [-0.4, -0.2) is 34.2 Å². The molecule has 0 fully saturated rings. The number of aromatic nitrogens is 3. The van der Waals surface area contributed by atoms with Gasteiger partial charge in [0.2, 0.25) is 4.77 Å². The van der Waals surface area contributed by atoms with Gasteiger partial charge in [0.25, 0.3) is 0 Å². The number of fused-ring (bicyclic) bond motifs is 1. The predicted molar refractivity (Wildman–Crippen MR) is 146 cm³/mol. The Morgan fingerprint density at radius 1 is 1.00 bits per heavy atom. The minimum absolute atomic E-state index is 0.337. The fourth-order valence-corrected chi connectivity index (χ4v) is 4.23. The van der Waals surface area contributed by atoms with Gasteiger partial charge in [-0.25, -0.2) is 4.79 Å². The fourth-order valence-electron chi connectivity index (χ4n) is 4.03. The zero-order valence-corrected chi connectivity index (χ0v) is 20.9. The van der Waals surface area contributed by atoms with E-state index in [-0.39, 0.29) is 5.97 Å². The Kier molecular flexibility index (Phi) is 7.19. The Bertz CT molecular complexity index is 1630. The van der Waals surface area contributed by atoms with Crippen LogP contribution in [0, 0.1) is 4.77 Å². The minimum Gasteiger partial charge on any atom is -0.488 e. The van der Waals surface area contributed by atoms with Crippen LogP contribution in [0.2, 0.25) is 0 Å². The van der Waals surface area contributed by atoms with Crippen LogP contribution < -0.4 is 4.74 Å². The van der Waals surface area contributed by atoms with Crippen molar-refractivity contribution < 1.29 is 14.3 Å². The second-order valence-corrected chi connectivity index (χ2v) is 8.72. The first kappa shape index (κ1) is 24.1. The predicted octanol–water partition coefficient (Wildman–Crippen LogP) is 5.93. The number of para-hydroxylation sites is 1. The maximum Gasteiger partial charge on any atom is 0.337 e. The molecule has 7 nitrogen and oxygen atoms in total. The van der Waals surface area contributed by atoms with E-state index in [9.17, 15) is 4.79 Å². The molecule has 37 heavy (non-hydrogen) atoms. The number of hydrogen-bond donors (Lipinski definition) is 1. The molecule has 5 aromatic rings. The van der Waals surface area contributed by atoms with Crippen molar-refractivity contribution in [1.29, 1.82) is 0 Å². The van der Waals surface area contributed by atoms with Gasteiger partial charge in [0.15, 0.2) is 5.82 Å². The lowest BCUT2D eigenvalue weighted by Gasteiger charge is -2.10. The number of aromatic amines is 1. The quantitative estimate of drug-likeness (QED) is 0.160. The van der Waals surface area contributed by atoms with Crippen molar-refractivity contribution in [3.8, 4) is 5.75 Å². The summed E-state index contributed by atoms with van der Waals surface area (Å²) in [5.74, 6) is 1.02. The van der Waals surface area contributed by atoms with Gasteiger partial charge in [0.05, 0.1) is 18.9 Å². The number of carbonyl (C=O) groups excluding carboxylic acids is 1. The molecule has 0 bridgehead atoms. The molecule has 1 aromatic heterocycles. The van der Waals surface area contributed by atoms with E-state index in [1.54, 1.807) is 23.0 Å². The lowest BCUT2D eigenvalue weighted by atomic mass is 10.0. The summed E-state index contributed by atoms with van der Waals surface area (Å²) < 4.78 is 12.9. The molecule has 0 aliphatic carbocycles. The third-order valence-corrected chi connectivity index (χ3v) is 6.21. The van der Waals surface area contributed by atoms with Crippen molar-refractivity contribution in [1.82, 2.24) is 14.9 Å². The first-order valence-electron chi connectivity index (χ1n) is 11.7. The maximum atomic E-state index is 11.6. The lowest BCUT2D eigenvalue weighted by Crippen LogP contribution is -2.03. The Morgan fingerprint density at radius 2 is 1.76 bits per heavy atom. The van der Waals surface area contributed by atoms with Crippen LogP contribution in [0.1, 0.15) is 32.9 Å². The van der Waals surface area contributed by atoms with E-state index in [1.807, 2.05) is 54.6 Å². The molecular formula is C29H24N4O3S. The molecule has 1 N–H and O–H groups in total. The van der Waals surface area contributed by atoms with E-state index < -0.39 is 0 Å². The van der Waals surface area contributed by atoms with E-state index in [0.29, 0.717) is 34.9 Å². The van der Waals surface area contributed by atoms with Gasteiger partial charge in [0, 0.05) is 12.0 Å². The summed E-state index contributed by atoms with van der Waals surface area (Å²) in [6.07, 6.45) is 2.29. The van der Waals surface area contributed by atoms with E-state index in [1.165, 1.54) is 17.9 Å². The molecule has 4 aromatic carbocycles. The molecule has 0 aliphatic rings. The average Bonchev–Trinajstić information content (AvgIpc) is 3.29. The zero-order chi connectivity index (χ0) is 25.6. The van der Waals surface area contributed by atoms with Gasteiger partial charge in [-0.2, -0.15) is 14.9 Å². The van der Waals surface area contributed by atoms with Crippen molar-refractivity contribution in [3.05, 3.63) is 124 Å². The number of benzene rings is 4. The average molecular weight is 509 g/mol. The van der Waals surface area contributed by atoms with E-state index >= 15 is 0 Å². The van der Waals surface area contributed by atoms with Crippen molar-refractivity contribution in [2.45, 2.75) is 13.0 Å². The standard InChI is InChI=1S/C29H24N4O3S/c1-35-28(34)22-15-13-20(14-16-22)19-36-26-12-5-3-8-24(26)18-30-33-27(31-32-29(33)37)17-23-10-6-9-21-7-2-4-11-25(21)23/h2-16,18H,17,19H2,1H3,(H,32,37)/b30-18-. The summed E-state index contributed by atoms with van der Waals surface area (Å²) in [6.45, 7) is 0.337. The Labute approximate surface area is 219 Å². The number of esters is 1. The largest absolute Gasteiger partial charge is 0.488 e. The monoisotopic (exact) mass is 508 g/mol. The molecule has 1 heterocycles. The number of nitrogens with zero attached hydrogens (tertiary/aromatic N) is 3. The van der Waals surface area contributed by atoms with E-state index in [2.05, 4.69) is 39.6 Å². The first-order valence-corrected chi connectivity index (χ1v) is 12.1. The Balaban J connectivity index is 1.34. The smallest absolute Gasteiger partial charge is 0.337 e. The minimum atomic E-state index is -0.369. The van der Waals surface area contributed by atoms with Crippen LogP contribution in [0.25, 0.3) is 10.8 Å². The second-order valence-electron chi connectivity index (χ2n) is 8.33. The van der Waals surface area contributed by atoms with Crippen LogP contribution in [0.15, 0.2) is 96.1 Å². The summed E-state index contributed by atoms with van der Waals surface area (Å²) >= 11 is 5.45. The number of hydrogen-bond acceptors (Lipinski definition) is 6. The first-order chi connectivity index (χ1) is 18.1. The molecule has 0 saturated heterocycles. The number of rotatable bonds is 8. The Hall–Kier alpha value is -4.56. The third kappa shape index (κ3) is 5.49.